The number of carboxylic acids is 1. The Morgan fingerprint density at radius 1 is 1.32 bits per heavy atom. The van der Waals surface area contributed by atoms with Crippen LogP contribution in [0, 0.1) is 0 Å². The highest BCUT2D eigenvalue weighted by Gasteiger charge is 2.22. The first-order valence-electron chi connectivity index (χ1n) is 6.82. The lowest BCUT2D eigenvalue weighted by molar-refractivity contribution is 0.0696. The maximum atomic E-state index is 12.4. The molecule has 1 rings (SSSR count). The number of ether oxygens (including phenoxy) is 1. The topological polar surface area (TPSA) is 105 Å². The third kappa shape index (κ3) is 4.97. The van der Waals surface area contributed by atoms with E-state index in [2.05, 4.69) is 10.0 Å². The summed E-state index contributed by atoms with van der Waals surface area (Å²) in [6, 6.07) is 3.52. The van der Waals surface area contributed by atoms with Crippen molar-refractivity contribution in [3.8, 4) is 0 Å². The van der Waals surface area contributed by atoms with Gasteiger partial charge < -0.3 is 15.2 Å². The van der Waals surface area contributed by atoms with Gasteiger partial charge in [0.15, 0.2) is 0 Å². The van der Waals surface area contributed by atoms with Crippen molar-refractivity contribution in [1.29, 1.82) is 0 Å². The van der Waals surface area contributed by atoms with E-state index >= 15 is 0 Å². The van der Waals surface area contributed by atoms with Gasteiger partial charge in [0.05, 0.1) is 17.9 Å². The standard InChI is InChI=1S/C14H22N2O5S/c1-9(2)16-22(19,20)13-7-11(14(17)18)5-6-12(13)15-10(3)8-21-4/h5-7,9-10,15-16H,8H2,1-4H3,(H,17,18). The van der Waals surface area contributed by atoms with Crippen molar-refractivity contribution in [3.05, 3.63) is 23.8 Å². The van der Waals surface area contributed by atoms with E-state index in [1.165, 1.54) is 12.1 Å². The summed E-state index contributed by atoms with van der Waals surface area (Å²) < 4.78 is 32.3. The number of hydrogen-bond acceptors (Lipinski definition) is 5. The third-order valence-corrected chi connectivity index (χ3v) is 4.43. The molecular formula is C14H22N2O5S. The second-order valence-corrected chi connectivity index (χ2v) is 6.98. The molecule has 0 radical (unpaired) electrons. The zero-order valence-corrected chi connectivity index (χ0v) is 13.9. The molecule has 0 aliphatic carbocycles. The molecule has 0 amide bonds. The highest BCUT2D eigenvalue weighted by Crippen LogP contribution is 2.24. The Hall–Kier alpha value is -1.64. The summed E-state index contributed by atoms with van der Waals surface area (Å²) >= 11 is 0. The number of sulfonamides is 1. The second kappa shape index (κ2) is 7.57. The molecule has 0 aliphatic rings. The van der Waals surface area contributed by atoms with Crippen LogP contribution in [0.25, 0.3) is 0 Å². The number of rotatable bonds is 8. The van der Waals surface area contributed by atoms with E-state index in [9.17, 15) is 13.2 Å². The Balaban J connectivity index is 3.29. The molecule has 0 spiro atoms. The molecule has 0 fully saturated rings. The Labute approximate surface area is 130 Å². The number of nitrogens with one attached hydrogen (secondary N) is 2. The van der Waals surface area contributed by atoms with E-state index in [4.69, 9.17) is 9.84 Å². The number of carbonyl (C=O) groups is 1. The van der Waals surface area contributed by atoms with Gasteiger partial charge in [-0.2, -0.15) is 0 Å². The largest absolute Gasteiger partial charge is 0.478 e. The molecule has 0 aliphatic heterocycles. The summed E-state index contributed by atoms with van der Waals surface area (Å²) in [7, 11) is -2.28. The molecule has 22 heavy (non-hydrogen) atoms. The molecule has 8 heteroatoms. The fourth-order valence-electron chi connectivity index (χ4n) is 1.93. The van der Waals surface area contributed by atoms with E-state index in [1.807, 2.05) is 6.92 Å². The van der Waals surface area contributed by atoms with Gasteiger partial charge in [0, 0.05) is 19.2 Å². The molecule has 1 aromatic rings. The number of benzene rings is 1. The van der Waals surface area contributed by atoms with E-state index in [-0.39, 0.29) is 22.5 Å². The van der Waals surface area contributed by atoms with Crippen LogP contribution in [-0.4, -0.2) is 45.3 Å². The first kappa shape index (κ1) is 18.4. The van der Waals surface area contributed by atoms with Gasteiger partial charge in [0.2, 0.25) is 10.0 Å². The van der Waals surface area contributed by atoms with Crippen molar-refractivity contribution in [1.82, 2.24) is 4.72 Å². The highest BCUT2D eigenvalue weighted by molar-refractivity contribution is 7.89. The van der Waals surface area contributed by atoms with Gasteiger partial charge in [0.1, 0.15) is 4.90 Å². The Morgan fingerprint density at radius 2 is 1.95 bits per heavy atom. The summed E-state index contributed by atoms with van der Waals surface area (Å²) in [6.45, 7) is 5.61. The second-order valence-electron chi connectivity index (χ2n) is 5.29. The third-order valence-electron chi connectivity index (χ3n) is 2.73. The quantitative estimate of drug-likeness (QED) is 0.667. The molecule has 1 aromatic carbocycles. The molecule has 0 heterocycles. The lowest BCUT2D eigenvalue weighted by atomic mass is 10.2. The Kier molecular flexibility index (Phi) is 6.34. The van der Waals surface area contributed by atoms with Gasteiger partial charge in [-0.3, -0.25) is 0 Å². The van der Waals surface area contributed by atoms with Crippen molar-refractivity contribution >= 4 is 21.7 Å². The van der Waals surface area contributed by atoms with Crippen molar-refractivity contribution in [2.45, 2.75) is 37.8 Å². The number of methoxy groups -OCH3 is 1. The number of anilines is 1. The minimum Gasteiger partial charge on any atom is -0.478 e. The summed E-state index contributed by atoms with van der Waals surface area (Å²) in [5, 5.41) is 12.1. The summed E-state index contributed by atoms with van der Waals surface area (Å²) in [5.41, 5.74) is 0.247. The van der Waals surface area contributed by atoms with Crippen LogP contribution in [0.5, 0.6) is 0 Å². The normalized spacial score (nSPS) is 13.1. The summed E-state index contributed by atoms with van der Waals surface area (Å²) in [4.78, 5) is 11.0. The van der Waals surface area contributed by atoms with E-state index in [0.29, 0.717) is 12.3 Å². The number of aromatic carboxylic acids is 1. The molecule has 3 N–H and O–H groups in total. The molecule has 1 atom stereocenters. The first-order valence-corrected chi connectivity index (χ1v) is 8.31. The van der Waals surface area contributed by atoms with Crippen molar-refractivity contribution in [2.75, 3.05) is 19.0 Å². The highest BCUT2D eigenvalue weighted by atomic mass is 32.2. The SMILES string of the molecule is COCC(C)Nc1ccc(C(=O)O)cc1S(=O)(=O)NC(C)C. The monoisotopic (exact) mass is 330 g/mol. The first-order chi connectivity index (χ1) is 10.2. The smallest absolute Gasteiger partial charge is 0.335 e. The molecule has 0 saturated carbocycles. The van der Waals surface area contributed by atoms with Gasteiger partial charge in [0.25, 0.3) is 0 Å². The van der Waals surface area contributed by atoms with E-state index < -0.39 is 16.0 Å². The van der Waals surface area contributed by atoms with Crippen LogP contribution < -0.4 is 10.0 Å². The lowest BCUT2D eigenvalue weighted by Crippen LogP contribution is -2.31. The Bertz CT molecular complexity index is 628. The van der Waals surface area contributed by atoms with Crippen molar-refractivity contribution in [3.63, 3.8) is 0 Å². The molecule has 7 nitrogen and oxygen atoms in total. The molecule has 0 saturated heterocycles. The summed E-state index contributed by atoms with van der Waals surface area (Å²) in [5.74, 6) is -1.18. The molecule has 124 valence electrons. The van der Waals surface area contributed by atoms with Crippen LogP contribution in [0.15, 0.2) is 23.1 Å². The zero-order valence-electron chi connectivity index (χ0n) is 13.1. The van der Waals surface area contributed by atoms with Gasteiger partial charge in [-0.1, -0.05) is 0 Å². The van der Waals surface area contributed by atoms with Gasteiger partial charge in [-0.25, -0.2) is 17.9 Å². The van der Waals surface area contributed by atoms with Crippen molar-refractivity contribution < 1.29 is 23.1 Å². The number of hydrogen-bond donors (Lipinski definition) is 3. The fourth-order valence-corrected chi connectivity index (χ4v) is 3.37. The average molecular weight is 330 g/mol. The lowest BCUT2D eigenvalue weighted by Gasteiger charge is -2.19. The van der Waals surface area contributed by atoms with E-state index in [1.54, 1.807) is 21.0 Å². The van der Waals surface area contributed by atoms with Crippen LogP contribution in [0.4, 0.5) is 5.69 Å². The molecule has 0 bridgehead atoms. The fraction of sp³-hybridized carbons (Fsp3) is 0.500. The molecular weight excluding hydrogens is 308 g/mol. The van der Waals surface area contributed by atoms with Crippen LogP contribution in [0.3, 0.4) is 0 Å². The molecule has 0 aromatic heterocycles. The number of carboxylic acid groups (broad SMARTS) is 1. The van der Waals surface area contributed by atoms with Crippen LogP contribution in [0.1, 0.15) is 31.1 Å². The average Bonchev–Trinajstić information content (AvgIpc) is 2.37. The zero-order chi connectivity index (χ0) is 16.9. The predicted octanol–water partition coefficient (Wildman–Crippen LogP) is 1.52. The van der Waals surface area contributed by atoms with Crippen LogP contribution >= 0.6 is 0 Å². The van der Waals surface area contributed by atoms with Gasteiger partial charge >= 0.3 is 5.97 Å². The van der Waals surface area contributed by atoms with Crippen LogP contribution in [0.2, 0.25) is 0 Å². The minimum absolute atomic E-state index is 0.0888. The maximum Gasteiger partial charge on any atom is 0.335 e. The predicted molar refractivity (Wildman–Crippen MR) is 83.8 cm³/mol. The maximum absolute atomic E-state index is 12.4. The summed E-state index contributed by atoms with van der Waals surface area (Å²) in [6.07, 6.45) is 0. The van der Waals surface area contributed by atoms with Gasteiger partial charge in [-0.05, 0) is 39.0 Å². The van der Waals surface area contributed by atoms with Crippen molar-refractivity contribution in [2.24, 2.45) is 0 Å². The molecule has 1 unspecified atom stereocenters. The van der Waals surface area contributed by atoms with E-state index in [0.717, 1.165) is 6.07 Å². The van der Waals surface area contributed by atoms with Crippen LogP contribution in [-0.2, 0) is 14.8 Å². The Morgan fingerprint density at radius 3 is 2.45 bits per heavy atom. The van der Waals surface area contributed by atoms with Gasteiger partial charge in [-0.15, -0.1) is 0 Å². The minimum atomic E-state index is -3.82.